The number of carbonyl (C=O) groups is 1. The first-order valence-corrected chi connectivity index (χ1v) is 6.47. The molecule has 0 unspecified atom stereocenters. The molecule has 0 aromatic heterocycles. The minimum Gasteiger partial charge on any atom is -0.398 e. The van der Waals surface area contributed by atoms with Gasteiger partial charge in [-0.15, -0.1) is 0 Å². The highest BCUT2D eigenvalue weighted by atomic mass is 32.2. The van der Waals surface area contributed by atoms with Gasteiger partial charge in [-0.3, -0.25) is 4.79 Å². The lowest BCUT2D eigenvalue weighted by atomic mass is 10.3. The predicted octanol–water partition coefficient (Wildman–Crippen LogP) is -0.226. The SMILES string of the molecule is CN(C)C(=O)CNS(=O)(=O)c1ccc(F)cc1N. The Balaban J connectivity index is 2.90. The van der Waals surface area contributed by atoms with Crippen molar-refractivity contribution < 1.29 is 17.6 Å². The maximum absolute atomic E-state index is 12.8. The molecule has 6 nitrogen and oxygen atoms in total. The smallest absolute Gasteiger partial charge is 0.243 e. The van der Waals surface area contributed by atoms with Crippen LogP contribution in [0.5, 0.6) is 0 Å². The molecule has 100 valence electrons. The zero-order valence-corrected chi connectivity index (χ0v) is 10.8. The van der Waals surface area contributed by atoms with Crippen molar-refractivity contribution >= 4 is 21.6 Å². The van der Waals surface area contributed by atoms with Crippen LogP contribution < -0.4 is 10.5 Å². The van der Waals surface area contributed by atoms with E-state index < -0.39 is 21.7 Å². The van der Waals surface area contributed by atoms with E-state index in [4.69, 9.17) is 5.73 Å². The summed E-state index contributed by atoms with van der Waals surface area (Å²) in [5.74, 6) is -1.03. The van der Waals surface area contributed by atoms with E-state index in [0.717, 1.165) is 18.2 Å². The van der Waals surface area contributed by atoms with Gasteiger partial charge in [0.2, 0.25) is 15.9 Å². The average molecular weight is 275 g/mol. The lowest BCUT2D eigenvalue weighted by Gasteiger charge is -2.12. The van der Waals surface area contributed by atoms with Crippen LogP contribution in [0, 0.1) is 5.82 Å². The van der Waals surface area contributed by atoms with Crippen molar-refractivity contribution in [1.82, 2.24) is 9.62 Å². The van der Waals surface area contributed by atoms with Crippen molar-refractivity contribution in [1.29, 1.82) is 0 Å². The number of anilines is 1. The van der Waals surface area contributed by atoms with Crippen molar-refractivity contribution in [3.8, 4) is 0 Å². The fourth-order valence-corrected chi connectivity index (χ4v) is 2.24. The summed E-state index contributed by atoms with van der Waals surface area (Å²) in [5, 5.41) is 0. The molecule has 18 heavy (non-hydrogen) atoms. The Morgan fingerprint density at radius 3 is 2.56 bits per heavy atom. The van der Waals surface area contributed by atoms with E-state index >= 15 is 0 Å². The molecule has 1 amide bonds. The van der Waals surface area contributed by atoms with E-state index in [1.807, 2.05) is 0 Å². The molecule has 1 rings (SSSR count). The summed E-state index contributed by atoms with van der Waals surface area (Å²) in [6, 6.07) is 2.94. The van der Waals surface area contributed by atoms with Crippen LogP contribution in [-0.2, 0) is 14.8 Å². The number of sulfonamides is 1. The summed E-state index contributed by atoms with van der Waals surface area (Å²) >= 11 is 0. The van der Waals surface area contributed by atoms with Gasteiger partial charge in [-0.25, -0.2) is 17.5 Å². The van der Waals surface area contributed by atoms with Gasteiger partial charge in [0, 0.05) is 14.1 Å². The van der Waals surface area contributed by atoms with Gasteiger partial charge in [-0.1, -0.05) is 0 Å². The Morgan fingerprint density at radius 2 is 2.06 bits per heavy atom. The van der Waals surface area contributed by atoms with Crippen LogP contribution in [0.25, 0.3) is 0 Å². The van der Waals surface area contributed by atoms with E-state index in [-0.39, 0.29) is 17.1 Å². The van der Waals surface area contributed by atoms with Crippen molar-refractivity contribution in [2.24, 2.45) is 0 Å². The zero-order chi connectivity index (χ0) is 13.9. The molecule has 0 spiro atoms. The van der Waals surface area contributed by atoms with E-state index in [1.54, 1.807) is 0 Å². The van der Waals surface area contributed by atoms with Crippen molar-refractivity contribution in [3.63, 3.8) is 0 Å². The molecular weight excluding hydrogens is 261 g/mol. The number of nitrogens with two attached hydrogens (primary N) is 1. The third kappa shape index (κ3) is 3.41. The molecule has 1 aromatic rings. The first-order valence-electron chi connectivity index (χ1n) is 4.99. The number of carbonyl (C=O) groups excluding carboxylic acids is 1. The van der Waals surface area contributed by atoms with Crippen molar-refractivity contribution in [2.75, 3.05) is 26.4 Å². The summed E-state index contributed by atoms with van der Waals surface area (Å²) < 4.78 is 38.5. The number of nitrogens with one attached hydrogen (secondary N) is 1. The predicted molar refractivity (Wildman–Crippen MR) is 64.7 cm³/mol. The first kappa shape index (κ1) is 14.4. The second-order valence-electron chi connectivity index (χ2n) is 3.79. The third-order valence-electron chi connectivity index (χ3n) is 2.17. The van der Waals surface area contributed by atoms with E-state index in [1.165, 1.54) is 19.0 Å². The monoisotopic (exact) mass is 275 g/mol. The quantitative estimate of drug-likeness (QED) is 0.743. The zero-order valence-electron chi connectivity index (χ0n) is 9.97. The molecule has 1 aromatic carbocycles. The number of hydrogen-bond donors (Lipinski definition) is 2. The van der Waals surface area contributed by atoms with E-state index in [0.29, 0.717) is 0 Å². The molecule has 0 aliphatic heterocycles. The highest BCUT2D eigenvalue weighted by Crippen LogP contribution is 2.18. The third-order valence-corrected chi connectivity index (χ3v) is 3.65. The van der Waals surface area contributed by atoms with Gasteiger partial charge in [0.05, 0.1) is 12.2 Å². The second kappa shape index (κ2) is 5.32. The highest BCUT2D eigenvalue weighted by Gasteiger charge is 2.19. The topological polar surface area (TPSA) is 92.5 Å². The van der Waals surface area contributed by atoms with Crippen LogP contribution in [-0.4, -0.2) is 39.9 Å². The normalized spacial score (nSPS) is 11.3. The van der Waals surface area contributed by atoms with Crippen molar-refractivity contribution in [2.45, 2.75) is 4.90 Å². The number of nitrogen functional groups attached to an aromatic ring is 1. The van der Waals surface area contributed by atoms with Gasteiger partial charge in [0.15, 0.2) is 0 Å². The minimum absolute atomic E-state index is 0.209. The number of nitrogens with zero attached hydrogens (tertiary/aromatic N) is 1. The molecule has 0 atom stereocenters. The Morgan fingerprint density at radius 1 is 1.44 bits per heavy atom. The molecule has 3 N–H and O–H groups in total. The summed E-state index contributed by atoms with van der Waals surface area (Å²) in [6.45, 7) is -0.383. The molecule has 0 radical (unpaired) electrons. The number of likely N-dealkylation sites (N-methyl/N-ethyl adjacent to an activating group) is 1. The fourth-order valence-electron chi connectivity index (χ4n) is 1.16. The highest BCUT2D eigenvalue weighted by molar-refractivity contribution is 7.89. The van der Waals surface area contributed by atoms with Gasteiger partial charge < -0.3 is 10.6 Å². The minimum atomic E-state index is -3.93. The molecule has 0 saturated heterocycles. The second-order valence-corrected chi connectivity index (χ2v) is 5.53. The van der Waals surface area contributed by atoms with E-state index in [2.05, 4.69) is 4.72 Å². The van der Waals surface area contributed by atoms with Crippen LogP contribution in [0.4, 0.5) is 10.1 Å². The number of rotatable bonds is 4. The fraction of sp³-hybridized carbons (Fsp3) is 0.300. The van der Waals surface area contributed by atoms with Crippen LogP contribution in [0.3, 0.4) is 0 Å². The lowest BCUT2D eigenvalue weighted by molar-refractivity contribution is -0.127. The Labute approximate surface area is 105 Å². The Bertz CT molecular complexity index is 557. The average Bonchev–Trinajstić information content (AvgIpc) is 2.25. The molecule has 0 bridgehead atoms. The number of hydrogen-bond acceptors (Lipinski definition) is 4. The van der Waals surface area contributed by atoms with Gasteiger partial charge in [-0.05, 0) is 18.2 Å². The Kier molecular flexibility index (Phi) is 4.25. The number of halogens is 1. The number of amides is 1. The van der Waals surface area contributed by atoms with Gasteiger partial charge in [0.1, 0.15) is 10.7 Å². The molecule has 8 heteroatoms. The molecule has 0 heterocycles. The van der Waals surface area contributed by atoms with Crippen LogP contribution >= 0.6 is 0 Å². The first-order chi connectivity index (χ1) is 8.24. The number of benzene rings is 1. The maximum Gasteiger partial charge on any atom is 0.243 e. The largest absolute Gasteiger partial charge is 0.398 e. The Hall–Kier alpha value is -1.67. The summed E-state index contributed by atoms with van der Waals surface area (Å²) in [7, 11) is -0.920. The van der Waals surface area contributed by atoms with Gasteiger partial charge >= 0.3 is 0 Å². The molecule has 0 fully saturated rings. The standard InChI is InChI=1S/C10H14FN3O3S/c1-14(2)10(15)6-13-18(16,17)9-4-3-7(11)5-8(9)12/h3-5,13H,6,12H2,1-2H3. The molecule has 0 aliphatic rings. The lowest BCUT2D eigenvalue weighted by Crippen LogP contribution is -2.36. The van der Waals surface area contributed by atoms with E-state index in [9.17, 15) is 17.6 Å². The van der Waals surface area contributed by atoms with Crippen molar-refractivity contribution in [3.05, 3.63) is 24.0 Å². The summed E-state index contributed by atoms with van der Waals surface area (Å²) in [5.41, 5.74) is 5.21. The summed E-state index contributed by atoms with van der Waals surface area (Å²) in [4.78, 5) is 12.3. The molecule has 0 aliphatic carbocycles. The van der Waals surface area contributed by atoms with Crippen LogP contribution in [0.15, 0.2) is 23.1 Å². The van der Waals surface area contributed by atoms with Gasteiger partial charge in [-0.2, -0.15) is 0 Å². The maximum atomic E-state index is 12.8. The van der Waals surface area contributed by atoms with Gasteiger partial charge in [0.25, 0.3) is 0 Å². The van der Waals surface area contributed by atoms with Crippen LogP contribution in [0.2, 0.25) is 0 Å². The van der Waals surface area contributed by atoms with Crippen LogP contribution in [0.1, 0.15) is 0 Å². The summed E-state index contributed by atoms with van der Waals surface area (Å²) in [6.07, 6.45) is 0. The molecular formula is C10H14FN3O3S. The molecule has 0 saturated carbocycles.